The van der Waals surface area contributed by atoms with Crippen molar-refractivity contribution in [1.82, 2.24) is 4.90 Å². The number of rotatable bonds is 2. The van der Waals surface area contributed by atoms with Gasteiger partial charge in [-0.15, -0.1) is 6.58 Å². The van der Waals surface area contributed by atoms with E-state index in [9.17, 15) is 5.11 Å². The Bertz CT molecular complexity index is 400. The van der Waals surface area contributed by atoms with Crippen LogP contribution >= 0.6 is 0 Å². The second-order valence-corrected chi connectivity index (χ2v) is 4.91. The Morgan fingerprint density at radius 1 is 1.47 bits per heavy atom. The zero-order chi connectivity index (χ0) is 12.3. The van der Waals surface area contributed by atoms with Crippen molar-refractivity contribution >= 4 is 0 Å². The summed E-state index contributed by atoms with van der Waals surface area (Å²) < 4.78 is 0. The highest BCUT2D eigenvalue weighted by molar-refractivity contribution is 5.37. The third kappa shape index (κ3) is 2.89. The smallest absolute Gasteiger partial charge is 0.115 e. The molecule has 0 aliphatic carbocycles. The van der Waals surface area contributed by atoms with Crippen molar-refractivity contribution in [1.29, 1.82) is 0 Å². The van der Waals surface area contributed by atoms with Crippen molar-refractivity contribution in [2.45, 2.75) is 25.7 Å². The topological polar surface area (TPSA) is 23.5 Å². The van der Waals surface area contributed by atoms with E-state index in [1.807, 2.05) is 12.1 Å². The second kappa shape index (κ2) is 5.37. The minimum Gasteiger partial charge on any atom is -0.508 e. The van der Waals surface area contributed by atoms with Gasteiger partial charge >= 0.3 is 0 Å². The maximum atomic E-state index is 9.58. The van der Waals surface area contributed by atoms with Crippen LogP contribution in [0.15, 0.2) is 30.9 Å². The van der Waals surface area contributed by atoms with Crippen LogP contribution in [0, 0.1) is 0 Å². The van der Waals surface area contributed by atoms with Gasteiger partial charge in [0.25, 0.3) is 0 Å². The normalized spacial score (nSPS) is 21.4. The summed E-state index contributed by atoms with van der Waals surface area (Å²) in [5, 5.41) is 9.58. The molecule has 0 radical (unpaired) electrons. The van der Waals surface area contributed by atoms with E-state index in [4.69, 9.17) is 0 Å². The molecule has 2 rings (SSSR count). The fraction of sp³-hybridized carbons (Fsp3) is 0.467. The lowest BCUT2D eigenvalue weighted by Gasteiger charge is -2.27. The van der Waals surface area contributed by atoms with Gasteiger partial charge in [-0.1, -0.05) is 19.1 Å². The highest BCUT2D eigenvalue weighted by Gasteiger charge is 2.17. The quantitative estimate of drug-likeness (QED) is 0.791. The Kier molecular flexibility index (Phi) is 3.85. The van der Waals surface area contributed by atoms with Crippen LogP contribution in [-0.2, 0) is 6.42 Å². The Morgan fingerprint density at radius 2 is 2.29 bits per heavy atom. The molecule has 1 aliphatic rings. The summed E-state index contributed by atoms with van der Waals surface area (Å²) in [5.74, 6) is 0.906. The molecule has 1 N–H and O–H groups in total. The fourth-order valence-corrected chi connectivity index (χ4v) is 2.56. The first-order chi connectivity index (χ1) is 8.20. The van der Waals surface area contributed by atoms with Crippen molar-refractivity contribution in [2.24, 2.45) is 0 Å². The molecule has 0 saturated heterocycles. The maximum Gasteiger partial charge on any atom is 0.115 e. The van der Waals surface area contributed by atoms with Crippen LogP contribution in [0.1, 0.15) is 30.4 Å². The van der Waals surface area contributed by atoms with Crippen molar-refractivity contribution < 1.29 is 5.11 Å². The summed E-state index contributed by atoms with van der Waals surface area (Å²) in [6.07, 6.45) is 4.18. The van der Waals surface area contributed by atoms with Gasteiger partial charge < -0.3 is 5.11 Å². The van der Waals surface area contributed by atoms with Gasteiger partial charge in [-0.2, -0.15) is 0 Å². The number of fused-ring (bicyclic) bond motifs is 1. The third-order valence-electron chi connectivity index (χ3n) is 3.62. The summed E-state index contributed by atoms with van der Waals surface area (Å²) in [6, 6.07) is 5.80. The van der Waals surface area contributed by atoms with E-state index in [1.54, 1.807) is 6.07 Å². The van der Waals surface area contributed by atoms with Crippen LogP contribution in [0.4, 0.5) is 0 Å². The Morgan fingerprint density at radius 3 is 3.06 bits per heavy atom. The van der Waals surface area contributed by atoms with Crippen molar-refractivity contribution in [2.75, 3.05) is 19.6 Å². The SMILES string of the molecule is C=CCN1CCc2ccc(O)cc2C(C)CC1. The van der Waals surface area contributed by atoms with Crippen LogP contribution in [0.5, 0.6) is 5.75 Å². The van der Waals surface area contributed by atoms with Gasteiger partial charge in [-0.3, -0.25) is 4.90 Å². The summed E-state index contributed by atoms with van der Waals surface area (Å²) in [6.45, 7) is 9.22. The van der Waals surface area contributed by atoms with E-state index in [1.165, 1.54) is 11.1 Å². The number of hydrogen-bond donors (Lipinski definition) is 1. The molecule has 0 fully saturated rings. The van der Waals surface area contributed by atoms with Crippen molar-refractivity contribution in [3.05, 3.63) is 42.0 Å². The number of nitrogens with zero attached hydrogens (tertiary/aromatic N) is 1. The van der Waals surface area contributed by atoms with Gasteiger partial charge in [0.05, 0.1) is 0 Å². The molecular formula is C15H21NO. The van der Waals surface area contributed by atoms with Gasteiger partial charge in [-0.05, 0) is 48.6 Å². The predicted octanol–water partition coefficient (Wildman–Crippen LogP) is 2.93. The Labute approximate surface area is 104 Å². The molecule has 1 aliphatic heterocycles. The molecular weight excluding hydrogens is 210 g/mol. The van der Waals surface area contributed by atoms with E-state index in [-0.39, 0.29) is 0 Å². The summed E-state index contributed by atoms with van der Waals surface area (Å²) in [7, 11) is 0. The molecule has 1 atom stereocenters. The van der Waals surface area contributed by atoms with Crippen LogP contribution < -0.4 is 0 Å². The lowest BCUT2D eigenvalue weighted by Crippen LogP contribution is -2.30. The average molecular weight is 231 g/mol. The highest BCUT2D eigenvalue weighted by Crippen LogP contribution is 2.29. The van der Waals surface area contributed by atoms with Crippen molar-refractivity contribution in [3.63, 3.8) is 0 Å². The second-order valence-electron chi connectivity index (χ2n) is 4.91. The molecule has 0 bridgehead atoms. The molecule has 92 valence electrons. The van der Waals surface area contributed by atoms with E-state index < -0.39 is 0 Å². The Balaban J connectivity index is 2.21. The zero-order valence-electron chi connectivity index (χ0n) is 10.5. The third-order valence-corrected chi connectivity index (χ3v) is 3.62. The van der Waals surface area contributed by atoms with Crippen LogP contribution in [0.2, 0.25) is 0 Å². The first kappa shape index (κ1) is 12.2. The van der Waals surface area contributed by atoms with Gasteiger partial charge in [0.15, 0.2) is 0 Å². The number of hydrogen-bond acceptors (Lipinski definition) is 2. The van der Waals surface area contributed by atoms with E-state index in [0.29, 0.717) is 11.7 Å². The molecule has 2 heteroatoms. The van der Waals surface area contributed by atoms with Crippen molar-refractivity contribution in [3.8, 4) is 5.75 Å². The summed E-state index contributed by atoms with van der Waals surface area (Å²) in [4.78, 5) is 2.44. The summed E-state index contributed by atoms with van der Waals surface area (Å²) >= 11 is 0. The average Bonchev–Trinajstić information content (AvgIpc) is 2.31. The largest absolute Gasteiger partial charge is 0.508 e. The Hall–Kier alpha value is -1.28. The zero-order valence-corrected chi connectivity index (χ0v) is 10.5. The van der Waals surface area contributed by atoms with Gasteiger partial charge in [0, 0.05) is 13.1 Å². The lowest BCUT2D eigenvalue weighted by molar-refractivity contribution is 0.287. The summed E-state index contributed by atoms with van der Waals surface area (Å²) in [5.41, 5.74) is 2.70. The molecule has 0 amide bonds. The molecule has 1 aromatic carbocycles. The predicted molar refractivity (Wildman–Crippen MR) is 71.5 cm³/mol. The van der Waals surface area contributed by atoms with E-state index in [2.05, 4.69) is 24.5 Å². The monoisotopic (exact) mass is 231 g/mol. The molecule has 0 aromatic heterocycles. The number of phenolic OH excluding ortho intramolecular Hbond substituents is 1. The number of benzene rings is 1. The number of aromatic hydroxyl groups is 1. The minimum atomic E-state index is 0.388. The first-order valence-electron chi connectivity index (χ1n) is 6.35. The lowest BCUT2D eigenvalue weighted by atomic mass is 9.89. The molecule has 0 spiro atoms. The van der Waals surface area contributed by atoms with Gasteiger partial charge in [0.1, 0.15) is 5.75 Å². The molecule has 1 aromatic rings. The molecule has 1 heterocycles. The fourth-order valence-electron chi connectivity index (χ4n) is 2.56. The number of phenols is 1. The molecule has 0 saturated carbocycles. The van der Waals surface area contributed by atoms with E-state index in [0.717, 1.165) is 32.5 Å². The molecule has 1 unspecified atom stereocenters. The maximum absolute atomic E-state index is 9.58. The van der Waals surface area contributed by atoms with Crippen LogP contribution in [0.3, 0.4) is 0 Å². The standard InChI is InChI=1S/C15H21NO/c1-3-8-16-9-6-12(2)15-11-14(17)5-4-13(15)7-10-16/h3-5,11-12,17H,1,6-10H2,2H3. The van der Waals surface area contributed by atoms with Gasteiger partial charge in [-0.25, -0.2) is 0 Å². The van der Waals surface area contributed by atoms with Crippen LogP contribution in [0.25, 0.3) is 0 Å². The van der Waals surface area contributed by atoms with Crippen LogP contribution in [-0.4, -0.2) is 29.6 Å². The molecule has 2 nitrogen and oxygen atoms in total. The van der Waals surface area contributed by atoms with E-state index >= 15 is 0 Å². The molecule has 17 heavy (non-hydrogen) atoms. The minimum absolute atomic E-state index is 0.388. The highest BCUT2D eigenvalue weighted by atomic mass is 16.3. The first-order valence-corrected chi connectivity index (χ1v) is 6.35. The van der Waals surface area contributed by atoms with Gasteiger partial charge in [0.2, 0.25) is 0 Å².